The van der Waals surface area contributed by atoms with Crippen LogP contribution in [0.1, 0.15) is 33.5 Å². The van der Waals surface area contributed by atoms with Crippen LogP contribution in [0, 0.1) is 0 Å². The zero-order valence-corrected chi connectivity index (χ0v) is 12.9. The fraction of sp³-hybridized carbons (Fsp3) is 0.375. The van der Waals surface area contributed by atoms with E-state index in [-0.39, 0.29) is 11.4 Å². The maximum Gasteiger partial charge on any atom is 0.327 e. The number of hydrogen-bond acceptors (Lipinski definition) is 3. The third kappa shape index (κ3) is 3.62. The largest absolute Gasteiger partial charge is 0.359 e. The molecule has 5 nitrogen and oxygen atoms in total. The van der Waals surface area contributed by atoms with Gasteiger partial charge in [0, 0.05) is 23.7 Å². The van der Waals surface area contributed by atoms with E-state index in [2.05, 4.69) is 10.5 Å². The topological polar surface area (TPSA) is 58.4 Å². The van der Waals surface area contributed by atoms with Crippen molar-refractivity contribution in [2.45, 2.75) is 33.1 Å². The summed E-state index contributed by atoms with van der Waals surface area (Å²) in [5, 5.41) is 6.67. The lowest BCUT2D eigenvalue weighted by atomic mass is 9.93. The number of urea groups is 1. The quantitative estimate of drug-likeness (QED) is 0.927. The number of amides is 2. The Morgan fingerprint density at radius 2 is 1.95 bits per heavy atom. The molecule has 0 aliphatic heterocycles. The molecule has 0 atom stereocenters. The van der Waals surface area contributed by atoms with Gasteiger partial charge in [-0.25, -0.2) is 4.79 Å². The van der Waals surface area contributed by atoms with Gasteiger partial charge in [-0.05, 0) is 19.1 Å². The molecule has 112 valence electrons. The molecule has 0 radical (unpaired) electrons. The summed E-state index contributed by atoms with van der Waals surface area (Å²) >= 11 is 0. The number of rotatable bonds is 3. The van der Waals surface area contributed by atoms with Crippen molar-refractivity contribution in [2.24, 2.45) is 0 Å². The van der Waals surface area contributed by atoms with E-state index >= 15 is 0 Å². The van der Waals surface area contributed by atoms with E-state index < -0.39 is 0 Å². The number of aromatic nitrogens is 1. The molecule has 0 unspecified atom stereocenters. The third-order valence-electron chi connectivity index (χ3n) is 3.11. The van der Waals surface area contributed by atoms with E-state index in [0.717, 1.165) is 11.4 Å². The predicted molar refractivity (Wildman–Crippen MR) is 83.7 cm³/mol. The Morgan fingerprint density at radius 1 is 1.29 bits per heavy atom. The van der Waals surface area contributed by atoms with Crippen LogP contribution in [0.25, 0.3) is 0 Å². The first-order valence-corrected chi connectivity index (χ1v) is 7.02. The summed E-state index contributed by atoms with van der Waals surface area (Å²) in [5.74, 6) is 1.17. The number of para-hydroxylation sites is 1. The van der Waals surface area contributed by atoms with Gasteiger partial charge in [0.25, 0.3) is 0 Å². The first-order valence-electron chi connectivity index (χ1n) is 7.02. The molecule has 0 aliphatic carbocycles. The van der Waals surface area contributed by atoms with Crippen LogP contribution in [-0.2, 0) is 5.41 Å². The summed E-state index contributed by atoms with van der Waals surface area (Å²) in [6, 6.07) is 11.0. The van der Waals surface area contributed by atoms with Crippen molar-refractivity contribution in [3.63, 3.8) is 0 Å². The molecule has 0 saturated carbocycles. The van der Waals surface area contributed by atoms with Gasteiger partial charge in [-0.3, -0.25) is 10.2 Å². The molecule has 0 fully saturated rings. The Bertz CT molecular complexity index is 599. The van der Waals surface area contributed by atoms with E-state index in [1.807, 2.05) is 58.0 Å². The van der Waals surface area contributed by atoms with Gasteiger partial charge in [-0.2, -0.15) is 0 Å². The summed E-state index contributed by atoms with van der Waals surface area (Å²) < 4.78 is 5.27. The first-order chi connectivity index (χ1) is 9.91. The Kier molecular flexibility index (Phi) is 4.31. The van der Waals surface area contributed by atoms with Crippen LogP contribution in [0.2, 0.25) is 0 Å². The molecule has 1 heterocycles. The fourth-order valence-corrected chi connectivity index (χ4v) is 1.92. The molecule has 1 N–H and O–H groups in total. The molecule has 1 aromatic carbocycles. The van der Waals surface area contributed by atoms with Crippen LogP contribution in [0.5, 0.6) is 0 Å². The van der Waals surface area contributed by atoms with Gasteiger partial charge in [-0.15, -0.1) is 0 Å². The van der Waals surface area contributed by atoms with Gasteiger partial charge in [0.05, 0.1) is 0 Å². The number of anilines is 2. The second-order valence-electron chi connectivity index (χ2n) is 5.84. The standard InChI is InChI=1S/C16H21N3O2/c1-5-19(12-9-7-6-8-10-12)15(20)17-14-11-13(21-18-14)16(2,3)4/h6-11H,5H2,1-4H3,(H,17,18,20). The minimum atomic E-state index is -0.225. The molecule has 2 aromatic rings. The van der Waals surface area contributed by atoms with Crippen LogP contribution >= 0.6 is 0 Å². The second kappa shape index (κ2) is 5.99. The molecular weight excluding hydrogens is 266 g/mol. The molecule has 0 saturated heterocycles. The van der Waals surface area contributed by atoms with Gasteiger partial charge < -0.3 is 4.52 Å². The molecular formula is C16H21N3O2. The number of benzene rings is 1. The molecule has 0 aliphatic rings. The normalized spacial score (nSPS) is 11.2. The SMILES string of the molecule is CCN(C(=O)Nc1cc(C(C)(C)C)on1)c1ccccc1. The highest BCUT2D eigenvalue weighted by molar-refractivity contribution is 6.01. The maximum atomic E-state index is 12.3. The number of hydrogen-bond donors (Lipinski definition) is 1. The summed E-state index contributed by atoms with van der Waals surface area (Å²) in [6.07, 6.45) is 0. The maximum absolute atomic E-state index is 12.3. The molecule has 2 amide bonds. The van der Waals surface area contributed by atoms with Gasteiger partial charge >= 0.3 is 6.03 Å². The molecule has 0 spiro atoms. The van der Waals surface area contributed by atoms with Gasteiger partial charge in [-0.1, -0.05) is 44.1 Å². The Balaban J connectivity index is 2.11. The van der Waals surface area contributed by atoms with Crippen molar-refractivity contribution >= 4 is 17.5 Å². The fourth-order valence-electron chi connectivity index (χ4n) is 1.92. The Labute approximate surface area is 124 Å². The van der Waals surface area contributed by atoms with Crippen molar-refractivity contribution in [1.82, 2.24) is 5.16 Å². The number of nitrogens with zero attached hydrogens (tertiary/aromatic N) is 2. The minimum absolute atomic E-state index is 0.139. The molecule has 2 rings (SSSR count). The minimum Gasteiger partial charge on any atom is -0.359 e. The lowest BCUT2D eigenvalue weighted by molar-refractivity contribution is 0.257. The highest BCUT2D eigenvalue weighted by Crippen LogP contribution is 2.24. The zero-order valence-electron chi connectivity index (χ0n) is 12.9. The van der Waals surface area contributed by atoms with Crippen molar-refractivity contribution in [1.29, 1.82) is 0 Å². The summed E-state index contributed by atoms with van der Waals surface area (Å²) in [4.78, 5) is 14.0. The molecule has 0 bridgehead atoms. The Hall–Kier alpha value is -2.30. The van der Waals surface area contributed by atoms with Gasteiger partial charge in [0.2, 0.25) is 0 Å². The monoisotopic (exact) mass is 287 g/mol. The second-order valence-corrected chi connectivity index (χ2v) is 5.84. The smallest absolute Gasteiger partial charge is 0.327 e. The van der Waals surface area contributed by atoms with Gasteiger partial charge in [0.1, 0.15) is 5.76 Å². The highest BCUT2D eigenvalue weighted by atomic mass is 16.5. The summed E-state index contributed by atoms with van der Waals surface area (Å²) in [7, 11) is 0. The molecule has 5 heteroatoms. The zero-order chi connectivity index (χ0) is 15.5. The Morgan fingerprint density at radius 3 is 2.48 bits per heavy atom. The molecule has 21 heavy (non-hydrogen) atoms. The van der Waals surface area contributed by atoms with E-state index in [9.17, 15) is 4.79 Å². The average molecular weight is 287 g/mol. The molecule has 1 aromatic heterocycles. The van der Waals surface area contributed by atoms with E-state index in [0.29, 0.717) is 12.4 Å². The lowest BCUT2D eigenvalue weighted by Gasteiger charge is -2.20. The third-order valence-corrected chi connectivity index (χ3v) is 3.11. The summed E-state index contributed by atoms with van der Waals surface area (Å²) in [6.45, 7) is 8.58. The number of carbonyl (C=O) groups is 1. The van der Waals surface area contributed by atoms with Crippen LogP contribution in [0.15, 0.2) is 40.9 Å². The van der Waals surface area contributed by atoms with Crippen molar-refractivity contribution in [3.05, 3.63) is 42.2 Å². The van der Waals surface area contributed by atoms with Crippen molar-refractivity contribution in [2.75, 3.05) is 16.8 Å². The van der Waals surface area contributed by atoms with E-state index in [4.69, 9.17) is 4.52 Å². The van der Waals surface area contributed by atoms with E-state index in [1.165, 1.54) is 0 Å². The highest BCUT2D eigenvalue weighted by Gasteiger charge is 2.21. The van der Waals surface area contributed by atoms with Crippen molar-refractivity contribution < 1.29 is 9.32 Å². The first kappa shape index (κ1) is 15.1. The summed E-state index contributed by atoms with van der Waals surface area (Å²) in [5.41, 5.74) is 0.705. The van der Waals surface area contributed by atoms with Gasteiger partial charge in [0.15, 0.2) is 5.82 Å². The van der Waals surface area contributed by atoms with Crippen molar-refractivity contribution in [3.8, 4) is 0 Å². The predicted octanol–water partition coefficient (Wildman–Crippen LogP) is 4.03. The van der Waals surface area contributed by atoms with E-state index in [1.54, 1.807) is 11.0 Å². The van der Waals surface area contributed by atoms with Crippen LogP contribution < -0.4 is 10.2 Å². The average Bonchev–Trinajstić information content (AvgIpc) is 2.89. The van der Waals surface area contributed by atoms with Crippen LogP contribution in [0.4, 0.5) is 16.3 Å². The van der Waals surface area contributed by atoms with Crippen LogP contribution in [0.3, 0.4) is 0 Å². The number of carbonyl (C=O) groups excluding carboxylic acids is 1. The lowest BCUT2D eigenvalue weighted by Crippen LogP contribution is -2.34. The number of nitrogens with one attached hydrogen (secondary N) is 1. The van der Waals surface area contributed by atoms with Crippen LogP contribution in [-0.4, -0.2) is 17.7 Å².